The van der Waals surface area contributed by atoms with Crippen molar-refractivity contribution < 1.29 is 37.0 Å². The molecule has 0 radical (unpaired) electrons. The fraction of sp³-hybridized carbons (Fsp3) is 0.364. The maximum Gasteiger partial charge on any atom is 0.416 e. The monoisotopic (exact) mass is 656 g/mol. The zero-order chi connectivity index (χ0) is 33.9. The minimum atomic E-state index is -4.51. The molecule has 13 heteroatoms. The molecule has 0 unspecified atom stereocenters. The van der Waals surface area contributed by atoms with Gasteiger partial charge in [-0.15, -0.1) is 0 Å². The molecule has 2 aromatic heterocycles. The number of ether oxygens (including phenoxy) is 2. The molecule has 1 N–H and O–H groups in total. The van der Waals surface area contributed by atoms with E-state index in [4.69, 9.17) is 9.47 Å². The fourth-order valence-corrected chi connectivity index (χ4v) is 5.49. The van der Waals surface area contributed by atoms with Gasteiger partial charge in [0, 0.05) is 17.8 Å². The molecule has 2 amide bonds. The lowest BCUT2D eigenvalue weighted by molar-refractivity contribution is -0.137. The summed E-state index contributed by atoms with van der Waals surface area (Å²) in [6.45, 7) is 9.93. The number of pyridine rings is 1. The number of rotatable bonds is 8. The lowest BCUT2D eigenvalue weighted by Gasteiger charge is -2.30. The van der Waals surface area contributed by atoms with Gasteiger partial charge in [0.25, 0.3) is 0 Å². The quantitative estimate of drug-likeness (QED) is 0.191. The molecule has 4 rings (SSSR count). The van der Waals surface area contributed by atoms with Gasteiger partial charge in [-0.2, -0.15) is 13.2 Å². The topological polar surface area (TPSA) is 111 Å². The van der Waals surface area contributed by atoms with Gasteiger partial charge in [0.1, 0.15) is 16.9 Å². The zero-order valence-electron chi connectivity index (χ0n) is 26.3. The van der Waals surface area contributed by atoms with Gasteiger partial charge in [-0.3, -0.25) is 14.7 Å². The molecule has 0 saturated heterocycles. The normalized spacial score (nSPS) is 12.8. The average Bonchev–Trinajstić information content (AvgIpc) is 3.37. The smallest absolute Gasteiger partial charge is 0.416 e. The number of hydrogen-bond acceptors (Lipinski definition) is 8. The van der Waals surface area contributed by atoms with Crippen molar-refractivity contribution in [2.45, 2.75) is 71.4 Å². The Bertz CT molecular complexity index is 1710. The van der Waals surface area contributed by atoms with Crippen LogP contribution in [-0.2, 0) is 22.1 Å². The van der Waals surface area contributed by atoms with Gasteiger partial charge in [-0.25, -0.2) is 14.6 Å². The average molecular weight is 657 g/mol. The second-order valence-electron chi connectivity index (χ2n) is 12.6. The lowest BCUT2D eigenvalue weighted by atomic mass is 10.0. The van der Waals surface area contributed by atoms with Crippen molar-refractivity contribution in [1.29, 1.82) is 0 Å². The van der Waals surface area contributed by atoms with Gasteiger partial charge in [-0.05, 0) is 88.7 Å². The van der Waals surface area contributed by atoms with Crippen LogP contribution in [0.4, 0.5) is 27.9 Å². The molecule has 0 aliphatic heterocycles. The number of benzene rings is 2. The van der Waals surface area contributed by atoms with Gasteiger partial charge in [0.05, 0.1) is 23.0 Å². The molecule has 1 atom stereocenters. The number of aromatic nitrogens is 2. The summed E-state index contributed by atoms with van der Waals surface area (Å²) >= 11 is 1.09. The van der Waals surface area contributed by atoms with E-state index in [1.165, 1.54) is 17.0 Å². The number of alkyl carbamates (subject to hydrolysis) is 1. The summed E-state index contributed by atoms with van der Waals surface area (Å²) in [5.41, 5.74) is -1.30. The number of carbonyl (C=O) groups excluding carboxylic acids is 3. The fourth-order valence-electron chi connectivity index (χ4n) is 4.46. The molecule has 9 nitrogen and oxygen atoms in total. The molecule has 0 aliphatic rings. The number of hydrogen-bond donors (Lipinski definition) is 1. The predicted octanol–water partition coefficient (Wildman–Crippen LogP) is 8.07. The van der Waals surface area contributed by atoms with Crippen molar-refractivity contribution in [3.05, 3.63) is 77.7 Å². The summed E-state index contributed by atoms with van der Waals surface area (Å²) in [5, 5.41) is 4.66. The lowest BCUT2D eigenvalue weighted by Crippen LogP contribution is -2.49. The highest BCUT2D eigenvalue weighted by molar-refractivity contribution is 7.19. The number of carbonyl (C=O) groups is 3. The van der Waals surface area contributed by atoms with Crippen molar-refractivity contribution in [1.82, 2.24) is 15.3 Å². The summed E-state index contributed by atoms with van der Waals surface area (Å²) in [7, 11) is 0. The number of alkyl halides is 3. The van der Waals surface area contributed by atoms with E-state index in [9.17, 15) is 27.6 Å². The van der Waals surface area contributed by atoms with E-state index in [-0.39, 0.29) is 23.8 Å². The Morgan fingerprint density at radius 3 is 2.24 bits per heavy atom. The van der Waals surface area contributed by atoms with E-state index >= 15 is 0 Å². The van der Waals surface area contributed by atoms with Gasteiger partial charge in [0.2, 0.25) is 0 Å². The van der Waals surface area contributed by atoms with Crippen LogP contribution >= 0.6 is 11.3 Å². The van der Waals surface area contributed by atoms with Gasteiger partial charge in [-0.1, -0.05) is 35.6 Å². The number of nitrogens with zero attached hydrogens (tertiary/aromatic N) is 3. The third kappa shape index (κ3) is 9.25. The highest BCUT2D eigenvalue weighted by atomic mass is 32.1. The number of anilines is 1. The van der Waals surface area contributed by atoms with E-state index in [1.54, 1.807) is 53.9 Å². The van der Waals surface area contributed by atoms with Crippen molar-refractivity contribution in [2.75, 3.05) is 11.4 Å². The molecule has 2 heterocycles. The Balaban J connectivity index is 1.74. The van der Waals surface area contributed by atoms with Crippen LogP contribution in [0.25, 0.3) is 21.2 Å². The minimum absolute atomic E-state index is 0.0359. The molecule has 4 aromatic rings. The van der Waals surface area contributed by atoms with E-state index in [1.807, 2.05) is 24.3 Å². The van der Waals surface area contributed by atoms with Crippen LogP contribution in [0.2, 0.25) is 0 Å². The summed E-state index contributed by atoms with van der Waals surface area (Å²) < 4.78 is 50.7. The van der Waals surface area contributed by atoms with Crippen LogP contribution in [0.1, 0.15) is 63.2 Å². The van der Waals surface area contributed by atoms with E-state index in [2.05, 4.69) is 15.3 Å². The van der Waals surface area contributed by atoms with Crippen LogP contribution in [-0.4, -0.2) is 52.2 Å². The Hall–Kier alpha value is -4.52. The first-order valence-corrected chi connectivity index (χ1v) is 15.2. The van der Waals surface area contributed by atoms with E-state index < -0.39 is 41.2 Å². The molecule has 2 aromatic carbocycles. The van der Waals surface area contributed by atoms with Crippen LogP contribution in [0.3, 0.4) is 0 Å². The Morgan fingerprint density at radius 1 is 0.957 bits per heavy atom. The van der Waals surface area contributed by atoms with Gasteiger partial charge < -0.3 is 14.8 Å². The van der Waals surface area contributed by atoms with Crippen molar-refractivity contribution in [3.8, 4) is 10.4 Å². The SMILES string of the molecule is CC(C)(C)OC(=O)N[C@@H](Cc1ccc(C(F)(F)F)cc1)CN(C(=O)OC(C)(C)C)c1nc(C=O)c(-c2ccc3cnccc3c2)s1. The molecule has 0 bridgehead atoms. The summed E-state index contributed by atoms with van der Waals surface area (Å²) in [6, 6.07) is 11.1. The highest BCUT2D eigenvalue weighted by Crippen LogP contribution is 2.36. The molecule has 244 valence electrons. The molecule has 0 spiro atoms. The van der Waals surface area contributed by atoms with Gasteiger partial charge in [0.15, 0.2) is 11.4 Å². The summed E-state index contributed by atoms with van der Waals surface area (Å²) in [4.78, 5) is 49.0. The first kappa shape index (κ1) is 34.4. The summed E-state index contributed by atoms with van der Waals surface area (Å²) in [5.74, 6) is 0. The van der Waals surface area contributed by atoms with Crippen molar-refractivity contribution in [2.24, 2.45) is 0 Å². The molecule has 0 aliphatic carbocycles. The third-order valence-electron chi connectivity index (χ3n) is 6.39. The van der Waals surface area contributed by atoms with Crippen molar-refractivity contribution >= 4 is 45.7 Å². The largest absolute Gasteiger partial charge is 0.444 e. The first-order chi connectivity index (χ1) is 21.4. The van der Waals surface area contributed by atoms with Crippen LogP contribution in [0.5, 0.6) is 0 Å². The molecular formula is C33H35F3N4O5S. The Labute approximate surface area is 268 Å². The van der Waals surface area contributed by atoms with E-state index in [0.717, 1.165) is 34.2 Å². The number of nitrogens with one attached hydrogen (secondary N) is 1. The predicted molar refractivity (Wildman–Crippen MR) is 170 cm³/mol. The van der Waals surface area contributed by atoms with Crippen LogP contribution in [0, 0.1) is 0 Å². The number of thiazole rings is 1. The Morgan fingerprint density at radius 2 is 1.63 bits per heavy atom. The second-order valence-corrected chi connectivity index (χ2v) is 13.6. The number of aldehydes is 1. The van der Waals surface area contributed by atoms with Crippen LogP contribution < -0.4 is 10.2 Å². The summed E-state index contributed by atoms with van der Waals surface area (Å²) in [6.07, 6.45) is -2.08. The maximum absolute atomic E-state index is 13.6. The third-order valence-corrected chi connectivity index (χ3v) is 7.53. The van der Waals surface area contributed by atoms with Crippen LogP contribution in [0.15, 0.2) is 60.9 Å². The maximum atomic E-state index is 13.6. The number of halogens is 3. The molecule has 46 heavy (non-hydrogen) atoms. The Kier molecular flexibility index (Phi) is 10.0. The van der Waals surface area contributed by atoms with Gasteiger partial charge >= 0.3 is 18.4 Å². The molecule has 0 saturated carbocycles. The standard InChI is InChI=1S/C33H35F3N4O5S/c1-31(2,3)44-29(42)38-25(15-20-7-11-24(12-8-20)33(34,35)36)18-40(30(43)45-32(4,5)6)28-39-26(19-41)27(46-28)22-9-10-23-17-37-14-13-21(23)16-22/h7-14,16-17,19,25H,15,18H2,1-6H3,(H,38,42)/t25-/m0/s1. The van der Waals surface area contributed by atoms with Crippen molar-refractivity contribution in [3.63, 3.8) is 0 Å². The number of amides is 2. The number of fused-ring (bicyclic) bond motifs is 1. The molecular weight excluding hydrogens is 621 g/mol. The van der Waals surface area contributed by atoms with E-state index in [0.29, 0.717) is 22.3 Å². The molecule has 0 fully saturated rings. The minimum Gasteiger partial charge on any atom is -0.444 e. The second kappa shape index (κ2) is 13.5. The first-order valence-electron chi connectivity index (χ1n) is 14.4. The zero-order valence-corrected chi connectivity index (χ0v) is 27.1. The highest BCUT2D eigenvalue weighted by Gasteiger charge is 2.32.